The molecular weight excluding hydrogens is 717 g/mol. The van der Waals surface area contributed by atoms with E-state index in [9.17, 15) is 10.2 Å². The van der Waals surface area contributed by atoms with Gasteiger partial charge in [-0.25, -0.2) is 8.78 Å². The van der Waals surface area contributed by atoms with Gasteiger partial charge in [-0.15, -0.1) is 0 Å². The minimum absolute atomic E-state index is 0.0341. The summed E-state index contributed by atoms with van der Waals surface area (Å²) in [6.45, 7) is 9.27. The van der Waals surface area contributed by atoms with Crippen molar-refractivity contribution in [2.45, 2.75) is 123 Å². The second-order valence-electron chi connectivity index (χ2n) is 16.6. The highest BCUT2D eigenvalue weighted by Gasteiger charge is 2.50. The zero-order valence-corrected chi connectivity index (χ0v) is 32.5. The molecule has 5 aromatic rings. The Labute approximate surface area is 325 Å². The maximum absolute atomic E-state index is 17.3. The molecule has 13 heteroatoms. The summed E-state index contributed by atoms with van der Waals surface area (Å²) in [6, 6.07) is 8.81. The number of hydrogen-bond acceptors (Lipinski definition) is 10. The molecule has 0 spiro atoms. The summed E-state index contributed by atoms with van der Waals surface area (Å²) in [5, 5.41) is 26.7. The average Bonchev–Trinajstić information content (AvgIpc) is 3.74. The van der Waals surface area contributed by atoms with Gasteiger partial charge in [-0.05, 0) is 112 Å². The molecule has 2 N–H and O–H groups in total. The van der Waals surface area contributed by atoms with E-state index in [1.807, 2.05) is 17.7 Å². The van der Waals surface area contributed by atoms with Crippen LogP contribution in [0.5, 0.6) is 11.8 Å². The third kappa shape index (κ3) is 6.55. The fourth-order valence-corrected chi connectivity index (χ4v) is 10.6. The Morgan fingerprint density at radius 1 is 1.00 bits per heavy atom. The van der Waals surface area contributed by atoms with Gasteiger partial charge in [-0.2, -0.15) is 15.1 Å². The monoisotopic (exact) mass is 767 g/mol. The van der Waals surface area contributed by atoms with Crippen molar-refractivity contribution >= 4 is 27.5 Å². The summed E-state index contributed by atoms with van der Waals surface area (Å²) in [6.07, 6.45) is 10.7. The Morgan fingerprint density at radius 2 is 1.82 bits per heavy atom. The van der Waals surface area contributed by atoms with Crippen LogP contribution in [0.3, 0.4) is 0 Å². The van der Waals surface area contributed by atoms with Crippen molar-refractivity contribution in [2.75, 3.05) is 24.6 Å². The lowest BCUT2D eigenvalue weighted by Crippen LogP contribution is -2.57. The van der Waals surface area contributed by atoms with Crippen molar-refractivity contribution in [3.05, 3.63) is 65.1 Å². The Bertz CT molecular complexity index is 2270. The lowest BCUT2D eigenvalue weighted by Gasteiger charge is -2.51. The molecule has 11 nitrogen and oxygen atoms in total. The van der Waals surface area contributed by atoms with Gasteiger partial charge in [0.05, 0.1) is 48.7 Å². The molecule has 0 radical (unpaired) electrons. The average molecular weight is 768 g/mol. The molecule has 6 heterocycles. The van der Waals surface area contributed by atoms with E-state index in [-0.39, 0.29) is 47.2 Å². The molecule has 3 aliphatic heterocycles. The summed E-state index contributed by atoms with van der Waals surface area (Å²) in [7, 11) is 0. The highest BCUT2D eigenvalue weighted by atomic mass is 19.1. The van der Waals surface area contributed by atoms with Crippen molar-refractivity contribution in [2.24, 2.45) is 5.41 Å². The standard InChI is InChI=1S/C43H51F2N7O4/c1-4-32-35(44)10-9-27-18-31(54)20-33(37(27)32)39-38(45)40-34(21-46-39)41(50-13-7-15-52-30(22-50)19-28(23-53)49-52)48-42(47-40)55-24-43-11-5-8-36(43)51(14-6-12-43)29-16-25(2)56-26(3)17-29/h9-10,18-21,25-26,29,36,53-54H,4-8,11-17,22-24H2,1-3H3. The van der Waals surface area contributed by atoms with Crippen LogP contribution in [-0.2, 0) is 30.9 Å². The molecule has 1 aliphatic carbocycles. The van der Waals surface area contributed by atoms with Crippen molar-refractivity contribution in [3.63, 3.8) is 0 Å². The van der Waals surface area contributed by atoms with Crippen LogP contribution in [-0.4, -0.2) is 83.8 Å². The predicted octanol–water partition coefficient (Wildman–Crippen LogP) is 7.46. The molecule has 2 saturated heterocycles. The number of rotatable bonds is 8. The first kappa shape index (κ1) is 37.1. The van der Waals surface area contributed by atoms with E-state index in [0.29, 0.717) is 83.5 Å². The third-order valence-electron chi connectivity index (χ3n) is 12.9. The predicted molar refractivity (Wildman–Crippen MR) is 210 cm³/mol. The zero-order chi connectivity index (χ0) is 38.7. The van der Waals surface area contributed by atoms with Gasteiger partial charge in [0.25, 0.3) is 0 Å². The van der Waals surface area contributed by atoms with Gasteiger partial charge in [-0.3, -0.25) is 14.6 Å². The van der Waals surface area contributed by atoms with Crippen LogP contribution in [0.25, 0.3) is 32.9 Å². The van der Waals surface area contributed by atoms with E-state index in [1.165, 1.54) is 12.1 Å². The molecule has 3 aromatic heterocycles. The molecule has 0 amide bonds. The number of phenolic OH excluding ortho intramolecular Hbond substituents is 1. The molecular formula is C43H51F2N7O4. The number of aryl methyl sites for hydroxylation is 2. The normalized spacial score (nSPS) is 25.7. The van der Waals surface area contributed by atoms with Gasteiger partial charge in [0, 0.05) is 42.3 Å². The number of hydrogen-bond donors (Lipinski definition) is 2. The van der Waals surface area contributed by atoms with Crippen LogP contribution >= 0.6 is 0 Å². The first-order valence-corrected chi connectivity index (χ1v) is 20.4. The number of likely N-dealkylation sites (tertiary alicyclic amines) is 1. The van der Waals surface area contributed by atoms with Crippen molar-refractivity contribution in [3.8, 4) is 23.0 Å². The third-order valence-corrected chi connectivity index (χ3v) is 12.9. The van der Waals surface area contributed by atoms with Gasteiger partial charge in [0.1, 0.15) is 28.6 Å². The van der Waals surface area contributed by atoms with Crippen molar-refractivity contribution < 1.29 is 28.5 Å². The lowest BCUT2D eigenvalue weighted by molar-refractivity contribution is -0.0967. The SMILES string of the molecule is CCc1c(F)ccc2cc(O)cc(-c3ncc4c(N5CCCn6nc(CO)cc6C5)nc(OCC56CCCC5N(C5CC(C)OC(C)C5)CCC6)nc4c3F)c12. The number of pyridine rings is 1. The van der Waals surface area contributed by atoms with E-state index in [2.05, 4.69) is 33.7 Å². The van der Waals surface area contributed by atoms with Gasteiger partial charge >= 0.3 is 6.01 Å². The Hall–Kier alpha value is -4.46. The van der Waals surface area contributed by atoms with Crippen LogP contribution in [0.2, 0.25) is 0 Å². The number of phenols is 1. The van der Waals surface area contributed by atoms with Crippen LogP contribution in [0.1, 0.15) is 89.1 Å². The van der Waals surface area contributed by atoms with Crippen LogP contribution in [0.4, 0.5) is 14.6 Å². The molecule has 56 heavy (non-hydrogen) atoms. The molecule has 9 rings (SSSR count). The van der Waals surface area contributed by atoms with Crippen molar-refractivity contribution in [1.29, 1.82) is 0 Å². The zero-order valence-electron chi connectivity index (χ0n) is 32.5. The molecule has 0 bridgehead atoms. The summed E-state index contributed by atoms with van der Waals surface area (Å²) in [4.78, 5) is 19.3. The fraction of sp³-hybridized carbons (Fsp3) is 0.535. The molecule has 2 aromatic carbocycles. The van der Waals surface area contributed by atoms with Gasteiger partial charge in [0.2, 0.25) is 0 Å². The van der Waals surface area contributed by atoms with Gasteiger partial charge < -0.3 is 24.6 Å². The number of fused-ring (bicyclic) bond motifs is 4. The fourth-order valence-electron chi connectivity index (χ4n) is 10.6. The smallest absolute Gasteiger partial charge is 0.319 e. The van der Waals surface area contributed by atoms with E-state index in [4.69, 9.17) is 19.4 Å². The number of anilines is 1. The number of aromatic nitrogens is 5. The first-order chi connectivity index (χ1) is 27.1. The minimum Gasteiger partial charge on any atom is -0.508 e. The molecule has 4 aliphatic rings. The summed E-state index contributed by atoms with van der Waals surface area (Å²) in [5.74, 6) is -0.667. The van der Waals surface area contributed by atoms with E-state index < -0.39 is 11.6 Å². The molecule has 296 valence electrons. The Balaban J connectivity index is 1.13. The topological polar surface area (TPSA) is 122 Å². The molecule has 4 unspecified atom stereocenters. The molecule has 1 saturated carbocycles. The van der Waals surface area contributed by atoms with E-state index in [1.54, 1.807) is 18.3 Å². The van der Waals surface area contributed by atoms with Gasteiger partial charge in [-0.1, -0.05) is 19.4 Å². The Morgan fingerprint density at radius 3 is 2.62 bits per heavy atom. The van der Waals surface area contributed by atoms with Crippen LogP contribution in [0.15, 0.2) is 36.5 Å². The Kier molecular flexibility index (Phi) is 9.82. The lowest BCUT2D eigenvalue weighted by atomic mass is 9.74. The largest absolute Gasteiger partial charge is 0.508 e. The van der Waals surface area contributed by atoms with Gasteiger partial charge in [0.15, 0.2) is 5.82 Å². The van der Waals surface area contributed by atoms with Crippen LogP contribution in [0, 0.1) is 17.0 Å². The number of piperidine rings is 1. The highest BCUT2D eigenvalue weighted by molar-refractivity contribution is 6.01. The first-order valence-electron chi connectivity index (χ1n) is 20.4. The number of aliphatic hydroxyl groups excluding tert-OH is 1. The maximum Gasteiger partial charge on any atom is 0.319 e. The highest BCUT2D eigenvalue weighted by Crippen LogP contribution is 2.50. The second kappa shape index (κ2) is 14.8. The summed E-state index contributed by atoms with van der Waals surface area (Å²) >= 11 is 0. The van der Waals surface area contributed by atoms with Crippen molar-refractivity contribution in [1.82, 2.24) is 29.6 Å². The van der Waals surface area contributed by atoms with E-state index >= 15 is 8.78 Å². The summed E-state index contributed by atoms with van der Waals surface area (Å²) < 4.78 is 47.2. The summed E-state index contributed by atoms with van der Waals surface area (Å²) in [5.41, 5.74) is 2.16. The number of halogens is 2. The number of ether oxygens (including phenoxy) is 2. The number of benzene rings is 2. The van der Waals surface area contributed by atoms with Crippen LogP contribution < -0.4 is 9.64 Å². The number of aromatic hydroxyl groups is 1. The quantitative estimate of drug-likeness (QED) is 0.165. The maximum atomic E-state index is 17.3. The second-order valence-corrected chi connectivity index (χ2v) is 16.6. The number of nitrogens with zero attached hydrogens (tertiary/aromatic N) is 7. The molecule has 3 fully saturated rings. The molecule has 4 atom stereocenters. The van der Waals surface area contributed by atoms with E-state index in [0.717, 1.165) is 63.6 Å². The number of aliphatic hydroxyl groups is 1. The minimum atomic E-state index is -0.694.